The summed E-state index contributed by atoms with van der Waals surface area (Å²) in [6, 6.07) is 0. The van der Waals surface area contributed by atoms with Crippen LogP contribution in [0, 0.1) is 17.8 Å². The first-order valence-electron chi connectivity index (χ1n) is 3.11. The van der Waals surface area contributed by atoms with Gasteiger partial charge in [0, 0.05) is 11.4 Å². The SMILES string of the molecule is C#CC(=O)[O-].CC(C)(C)C(=O)[O-].[NH4+].[NH4+]. The van der Waals surface area contributed by atoms with Gasteiger partial charge in [-0.25, -0.2) is 0 Å². The van der Waals surface area contributed by atoms with Crippen molar-refractivity contribution in [2.75, 3.05) is 0 Å². The summed E-state index contributed by atoms with van der Waals surface area (Å²) in [5.74, 6) is -1.14. The van der Waals surface area contributed by atoms with Crippen LogP contribution in [0.2, 0.25) is 0 Å². The Morgan fingerprint density at radius 1 is 1.14 bits per heavy atom. The van der Waals surface area contributed by atoms with Crippen molar-refractivity contribution in [2.45, 2.75) is 20.8 Å². The molecule has 0 radical (unpaired) electrons. The minimum Gasteiger partial charge on any atom is -0.550 e. The number of hydrogen-bond acceptors (Lipinski definition) is 4. The average Bonchev–Trinajstić information content (AvgIpc) is 1.87. The van der Waals surface area contributed by atoms with Crippen LogP contribution in [0.3, 0.4) is 0 Å². The maximum Gasteiger partial charge on any atom is 0.116 e. The van der Waals surface area contributed by atoms with Crippen molar-refractivity contribution in [3.8, 4) is 12.3 Å². The number of terminal acetylenes is 1. The number of rotatable bonds is 0. The van der Waals surface area contributed by atoms with Crippen LogP contribution < -0.4 is 22.5 Å². The molecular weight excluding hydrogens is 188 g/mol. The molecule has 0 aromatic heterocycles. The molecule has 0 rings (SSSR count). The summed E-state index contributed by atoms with van der Waals surface area (Å²) in [6.07, 6.45) is 4.26. The van der Waals surface area contributed by atoms with Crippen molar-refractivity contribution in [2.24, 2.45) is 5.41 Å². The largest absolute Gasteiger partial charge is 0.550 e. The first-order valence-corrected chi connectivity index (χ1v) is 3.11. The van der Waals surface area contributed by atoms with Gasteiger partial charge in [0.05, 0.1) is 0 Å². The van der Waals surface area contributed by atoms with E-state index in [1.54, 1.807) is 20.8 Å². The van der Waals surface area contributed by atoms with Gasteiger partial charge in [0.15, 0.2) is 0 Å². The molecule has 0 saturated heterocycles. The molecule has 0 aromatic rings. The van der Waals surface area contributed by atoms with E-state index in [-0.39, 0.29) is 12.3 Å². The maximum atomic E-state index is 9.91. The van der Waals surface area contributed by atoms with Crippen LogP contribution in [0.15, 0.2) is 0 Å². The van der Waals surface area contributed by atoms with E-state index in [0.717, 1.165) is 0 Å². The lowest BCUT2D eigenvalue weighted by Crippen LogP contribution is -2.35. The molecule has 0 heterocycles. The topological polar surface area (TPSA) is 153 Å². The van der Waals surface area contributed by atoms with Gasteiger partial charge in [-0.1, -0.05) is 26.7 Å². The molecule has 14 heavy (non-hydrogen) atoms. The number of carboxylic acids is 2. The third-order valence-electron chi connectivity index (χ3n) is 0.730. The Morgan fingerprint density at radius 3 is 1.29 bits per heavy atom. The molecule has 0 aliphatic heterocycles. The van der Waals surface area contributed by atoms with Crippen LogP contribution in [0.5, 0.6) is 0 Å². The molecule has 0 bridgehead atoms. The normalized spacial score (nSPS) is 7.57. The van der Waals surface area contributed by atoms with Gasteiger partial charge in [-0.05, 0) is 0 Å². The van der Waals surface area contributed by atoms with Crippen LogP contribution in [0.25, 0.3) is 0 Å². The van der Waals surface area contributed by atoms with Gasteiger partial charge in [-0.3, -0.25) is 0 Å². The molecule has 0 unspecified atom stereocenters. The van der Waals surface area contributed by atoms with Crippen molar-refractivity contribution >= 4 is 11.9 Å². The first-order chi connectivity index (χ1) is 5.21. The van der Waals surface area contributed by atoms with E-state index in [4.69, 9.17) is 9.90 Å². The maximum absolute atomic E-state index is 9.91. The summed E-state index contributed by atoms with van der Waals surface area (Å²) in [5, 5.41) is 18.9. The van der Waals surface area contributed by atoms with Crippen molar-refractivity contribution in [1.82, 2.24) is 12.3 Å². The second-order valence-electron chi connectivity index (χ2n) is 2.97. The van der Waals surface area contributed by atoms with Gasteiger partial charge in [0.1, 0.15) is 5.97 Å². The van der Waals surface area contributed by atoms with Crippen molar-refractivity contribution in [3.63, 3.8) is 0 Å². The van der Waals surface area contributed by atoms with E-state index in [1.807, 2.05) is 0 Å². The van der Waals surface area contributed by atoms with Gasteiger partial charge in [-0.2, -0.15) is 0 Å². The third kappa shape index (κ3) is 22.4. The van der Waals surface area contributed by atoms with Crippen LogP contribution in [0.1, 0.15) is 20.8 Å². The van der Waals surface area contributed by atoms with Crippen molar-refractivity contribution < 1.29 is 19.8 Å². The monoisotopic (exact) mass is 206 g/mol. The number of carbonyl (C=O) groups excluding carboxylic acids is 2. The molecule has 0 fully saturated rings. The molecule has 0 spiro atoms. The Kier molecular flexibility index (Phi) is 15.5. The smallest absolute Gasteiger partial charge is 0.116 e. The second kappa shape index (κ2) is 9.51. The fourth-order valence-electron chi connectivity index (χ4n) is 0. The van der Waals surface area contributed by atoms with E-state index in [1.165, 1.54) is 5.92 Å². The minimum atomic E-state index is -1.47. The summed E-state index contributed by atoms with van der Waals surface area (Å²) in [5.41, 5.74) is -0.694. The fourth-order valence-corrected chi connectivity index (χ4v) is 0. The Bertz CT molecular complexity index is 212. The molecule has 84 valence electrons. The summed E-state index contributed by atoms with van der Waals surface area (Å²) >= 11 is 0. The highest BCUT2D eigenvalue weighted by Gasteiger charge is 2.09. The summed E-state index contributed by atoms with van der Waals surface area (Å²) in [6.45, 7) is 4.80. The number of aliphatic carboxylic acids is 2. The van der Waals surface area contributed by atoms with Crippen LogP contribution >= 0.6 is 0 Å². The predicted octanol–water partition coefficient (Wildman–Crippen LogP) is -1.10. The van der Waals surface area contributed by atoms with Crippen LogP contribution in [0.4, 0.5) is 0 Å². The molecule has 6 heteroatoms. The molecule has 6 nitrogen and oxygen atoms in total. The summed E-state index contributed by atoms with van der Waals surface area (Å²) in [4.78, 5) is 18.9. The Morgan fingerprint density at radius 2 is 1.29 bits per heavy atom. The molecule has 0 aromatic carbocycles. The number of carboxylic acid groups (broad SMARTS) is 2. The van der Waals surface area contributed by atoms with E-state index in [0.29, 0.717) is 0 Å². The zero-order valence-electron chi connectivity index (χ0n) is 9.21. The standard InChI is InChI=1S/C5H10O2.C3H2O2.2H3N/c1-5(2,3)4(6)7;1-2-3(4)5;;/h1-3H3,(H,6,7);1H,(H,4,5);2*1H3. The van der Waals surface area contributed by atoms with Crippen molar-refractivity contribution in [3.05, 3.63) is 0 Å². The molecule has 0 aliphatic rings. The zero-order chi connectivity index (χ0) is 10.4. The van der Waals surface area contributed by atoms with Crippen LogP contribution in [-0.4, -0.2) is 11.9 Å². The van der Waals surface area contributed by atoms with E-state index in [9.17, 15) is 9.90 Å². The van der Waals surface area contributed by atoms with E-state index < -0.39 is 17.4 Å². The van der Waals surface area contributed by atoms with Crippen molar-refractivity contribution in [1.29, 1.82) is 0 Å². The number of carbonyl (C=O) groups is 2. The lowest BCUT2D eigenvalue weighted by atomic mass is 9.98. The number of hydrogen-bond donors (Lipinski definition) is 2. The van der Waals surface area contributed by atoms with Gasteiger partial charge >= 0.3 is 0 Å². The first kappa shape index (κ1) is 22.8. The summed E-state index contributed by atoms with van der Waals surface area (Å²) < 4.78 is 0. The molecule has 0 atom stereocenters. The highest BCUT2D eigenvalue weighted by Crippen LogP contribution is 2.09. The Balaban J connectivity index is -0.0000000651. The predicted molar refractivity (Wildman–Crippen MR) is 50.3 cm³/mol. The molecule has 8 N–H and O–H groups in total. The van der Waals surface area contributed by atoms with E-state index >= 15 is 0 Å². The van der Waals surface area contributed by atoms with Gasteiger partial charge in [-0.15, -0.1) is 6.42 Å². The average molecular weight is 206 g/mol. The summed E-state index contributed by atoms with van der Waals surface area (Å²) in [7, 11) is 0. The minimum absolute atomic E-state index is 0. The van der Waals surface area contributed by atoms with Crippen LogP contribution in [-0.2, 0) is 9.59 Å². The molecule has 0 aliphatic carbocycles. The fraction of sp³-hybridized carbons (Fsp3) is 0.500. The van der Waals surface area contributed by atoms with E-state index in [2.05, 4.69) is 6.42 Å². The second-order valence-corrected chi connectivity index (χ2v) is 2.97. The molecule has 0 amide bonds. The van der Waals surface area contributed by atoms with Gasteiger partial charge in [0.25, 0.3) is 0 Å². The lowest BCUT2D eigenvalue weighted by Gasteiger charge is -2.18. The zero-order valence-corrected chi connectivity index (χ0v) is 9.21. The highest BCUT2D eigenvalue weighted by atomic mass is 16.4. The molecule has 0 saturated carbocycles. The molecular formula is C8H18N2O4. The van der Waals surface area contributed by atoms with Gasteiger partial charge < -0.3 is 32.1 Å². The lowest BCUT2D eigenvalue weighted by molar-refractivity contribution is -0.316. The van der Waals surface area contributed by atoms with Gasteiger partial charge in [0.2, 0.25) is 0 Å². The Hall–Kier alpha value is -1.58. The number of quaternary nitrogens is 2. The quantitative estimate of drug-likeness (QED) is 0.483. The Labute approximate surface area is 83.5 Å². The highest BCUT2D eigenvalue weighted by molar-refractivity contribution is 5.83. The third-order valence-corrected chi connectivity index (χ3v) is 0.730.